The largest absolute Gasteiger partial charge is 0.487 e. The predicted octanol–water partition coefficient (Wildman–Crippen LogP) is 6.67. The molecule has 10 heteroatoms. The van der Waals surface area contributed by atoms with Crippen molar-refractivity contribution in [2.45, 2.75) is 6.61 Å². The highest BCUT2D eigenvalue weighted by Gasteiger charge is 2.12. The van der Waals surface area contributed by atoms with E-state index in [0.717, 1.165) is 5.56 Å². The molecule has 0 unspecified atom stereocenters. The van der Waals surface area contributed by atoms with Gasteiger partial charge in [-0.05, 0) is 91.0 Å². The molecule has 8 nitrogen and oxygen atoms in total. The fourth-order valence-electron chi connectivity index (χ4n) is 2.78. The summed E-state index contributed by atoms with van der Waals surface area (Å²) in [6.45, 7) is 0.205. The fourth-order valence-corrected chi connectivity index (χ4v) is 4.23. The van der Waals surface area contributed by atoms with Gasteiger partial charge in [0.1, 0.15) is 12.4 Å². The molecule has 0 aromatic heterocycles. The molecule has 0 saturated heterocycles. The minimum absolute atomic E-state index is 0.00793. The van der Waals surface area contributed by atoms with Crippen molar-refractivity contribution in [3.63, 3.8) is 0 Å². The van der Waals surface area contributed by atoms with Gasteiger partial charge in [-0.1, -0.05) is 0 Å². The molecule has 0 amide bonds. The highest BCUT2D eigenvalue weighted by molar-refractivity contribution is 9.11. The Morgan fingerprint density at radius 2 is 1.44 bits per heavy atom. The number of halogens is 2. The van der Waals surface area contributed by atoms with E-state index in [1.165, 1.54) is 36.4 Å². The summed E-state index contributed by atoms with van der Waals surface area (Å²) in [5.41, 5.74) is 2.34. The first kappa shape index (κ1) is 23.1. The zero-order valence-corrected chi connectivity index (χ0v) is 19.4. The lowest BCUT2D eigenvalue weighted by molar-refractivity contribution is -0.385. The smallest absolute Gasteiger partial charge is 0.269 e. The van der Waals surface area contributed by atoms with Gasteiger partial charge in [0, 0.05) is 24.3 Å². The van der Waals surface area contributed by atoms with Crippen LogP contribution >= 0.6 is 31.9 Å². The van der Waals surface area contributed by atoms with Crippen LogP contribution in [0.1, 0.15) is 16.7 Å². The van der Waals surface area contributed by atoms with Crippen LogP contribution in [0.2, 0.25) is 0 Å². The van der Waals surface area contributed by atoms with Crippen LogP contribution in [0.5, 0.6) is 5.75 Å². The Balaban J connectivity index is 1.80. The van der Waals surface area contributed by atoms with Crippen molar-refractivity contribution in [3.8, 4) is 11.8 Å². The highest BCUT2D eigenvalue weighted by atomic mass is 79.9. The van der Waals surface area contributed by atoms with Crippen LogP contribution in [0.15, 0.2) is 69.6 Å². The Labute approximate surface area is 199 Å². The van der Waals surface area contributed by atoms with Crippen molar-refractivity contribution in [3.05, 3.63) is 107 Å². The minimum atomic E-state index is -0.497. The van der Waals surface area contributed by atoms with Crippen molar-refractivity contribution < 1.29 is 14.6 Å². The van der Waals surface area contributed by atoms with E-state index in [9.17, 15) is 25.5 Å². The third-order valence-electron chi connectivity index (χ3n) is 4.37. The number of nitro benzene ring substituents is 2. The second-order valence-corrected chi connectivity index (χ2v) is 8.21. The first-order valence-electron chi connectivity index (χ1n) is 9.00. The third kappa shape index (κ3) is 5.57. The number of nitrogens with zero attached hydrogens (tertiary/aromatic N) is 3. The van der Waals surface area contributed by atoms with Gasteiger partial charge in [-0.25, -0.2) is 0 Å². The molecule has 3 aromatic rings. The van der Waals surface area contributed by atoms with E-state index in [4.69, 9.17) is 4.74 Å². The maximum Gasteiger partial charge on any atom is 0.269 e. The summed E-state index contributed by atoms with van der Waals surface area (Å²) >= 11 is 6.93. The lowest BCUT2D eigenvalue weighted by Crippen LogP contribution is -1.98. The number of hydrogen-bond donors (Lipinski definition) is 0. The van der Waals surface area contributed by atoms with Crippen LogP contribution < -0.4 is 4.74 Å². The van der Waals surface area contributed by atoms with Gasteiger partial charge in [0.2, 0.25) is 0 Å². The van der Waals surface area contributed by atoms with E-state index in [1.54, 1.807) is 30.3 Å². The standard InChI is InChI=1S/C22H13Br2N3O5/c23-20-10-15(9-17(12-25)16-3-7-19(8-4-16)27(30)31)11-21(24)22(20)32-13-14-1-5-18(6-2-14)26(28)29/h1-11H,13H2/b17-9+. The molecule has 0 saturated carbocycles. The zero-order chi connectivity index (χ0) is 23.3. The topological polar surface area (TPSA) is 119 Å². The molecule has 3 aromatic carbocycles. The summed E-state index contributed by atoms with van der Waals surface area (Å²) in [5, 5.41) is 31.1. The number of benzene rings is 3. The molecule has 0 radical (unpaired) electrons. The molecule has 0 aliphatic carbocycles. The molecule has 160 valence electrons. The molecule has 0 aliphatic heterocycles. The number of nitro groups is 2. The summed E-state index contributed by atoms with van der Waals surface area (Å²) in [6, 6.07) is 17.5. The first-order chi connectivity index (χ1) is 15.3. The fraction of sp³-hybridized carbons (Fsp3) is 0.0455. The third-order valence-corrected chi connectivity index (χ3v) is 5.55. The lowest BCUT2D eigenvalue weighted by Gasteiger charge is -2.12. The average Bonchev–Trinajstić information content (AvgIpc) is 2.77. The first-order valence-corrected chi connectivity index (χ1v) is 10.6. The van der Waals surface area contributed by atoms with Crippen LogP contribution in [-0.4, -0.2) is 9.85 Å². The van der Waals surface area contributed by atoms with Gasteiger partial charge in [-0.2, -0.15) is 5.26 Å². The zero-order valence-electron chi connectivity index (χ0n) is 16.2. The van der Waals surface area contributed by atoms with Crippen LogP contribution in [0.3, 0.4) is 0 Å². The predicted molar refractivity (Wildman–Crippen MR) is 126 cm³/mol. The number of hydrogen-bond acceptors (Lipinski definition) is 6. The number of allylic oxidation sites excluding steroid dienone is 1. The maximum atomic E-state index is 10.8. The molecular formula is C22H13Br2N3O5. The molecule has 0 heterocycles. The molecule has 0 fully saturated rings. The molecule has 0 spiro atoms. The monoisotopic (exact) mass is 557 g/mol. The van der Waals surface area contributed by atoms with Gasteiger partial charge in [-0.15, -0.1) is 0 Å². The number of nitriles is 1. The number of ether oxygens (including phenoxy) is 1. The van der Waals surface area contributed by atoms with E-state index >= 15 is 0 Å². The van der Waals surface area contributed by atoms with Crippen molar-refractivity contribution >= 4 is 54.9 Å². The minimum Gasteiger partial charge on any atom is -0.487 e. The van der Waals surface area contributed by atoms with Gasteiger partial charge in [0.05, 0.1) is 30.4 Å². The second kappa shape index (κ2) is 10.2. The van der Waals surface area contributed by atoms with E-state index < -0.39 is 9.85 Å². The Kier molecular flexibility index (Phi) is 7.35. The van der Waals surface area contributed by atoms with Gasteiger partial charge < -0.3 is 4.74 Å². The Morgan fingerprint density at radius 1 is 0.938 bits per heavy atom. The van der Waals surface area contributed by atoms with Crippen molar-refractivity contribution in [2.24, 2.45) is 0 Å². The summed E-state index contributed by atoms with van der Waals surface area (Å²) in [4.78, 5) is 20.6. The summed E-state index contributed by atoms with van der Waals surface area (Å²) in [7, 11) is 0. The molecule has 3 rings (SSSR count). The van der Waals surface area contributed by atoms with Gasteiger partial charge in [0.25, 0.3) is 11.4 Å². The van der Waals surface area contributed by atoms with Crippen LogP contribution in [-0.2, 0) is 6.61 Å². The quantitative estimate of drug-likeness (QED) is 0.138. The molecule has 0 N–H and O–H groups in total. The van der Waals surface area contributed by atoms with Gasteiger partial charge in [0.15, 0.2) is 0 Å². The number of non-ortho nitro benzene ring substituents is 2. The Hall–Kier alpha value is -3.55. The molecule has 32 heavy (non-hydrogen) atoms. The lowest BCUT2D eigenvalue weighted by atomic mass is 10.0. The summed E-state index contributed by atoms with van der Waals surface area (Å²) in [6.07, 6.45) is 1.66. The highest BCUT2D eigenvalue weighted by Crippen LogP contribution is 2.36. The van der Waals surface area contributed by atoms with E-state index in [1.807, 2.05) is 0 Å². The van der Waals surface area contributed by atoms with E-state index in [-0.39, 0.29) is 18.0 Å². The summed E-state index contributed by atoms with van der Waals surface area (Å²) < 4.78 is 7.13. The number of rotatable bonds is 7. The van der Waals surface area contributed by atoms with Crippen LogP contribution in [0.25, 0.3) is 11.6 Å². The molecular weight excluding hydrogens is 546 g/mol. The van der Waals surface area contributed by atoms with Gasteiger partial charge in [-0.3, -0.25) is 20.2 Å². The normalized spacial score (nSPS) is 11.0. The molecule has 0 atom stereocenters. The van der Waals surface area contributed by atoms with E-state index in [2.05, 4.69) is 37.9 Å². The van der Waals surface area contributed by atoms with Crippen LogP contribution in [0, 0.1) is 31.6 Å². The molecule has 0 bridgehead atoms. The van der Waals surface area contributed by atoms with Crippen molar-refractivity contribution in [1.29, 1.82) is 5.26 Å². The van der Waals surface area contributed by atoms with Crippen molar-refractivity contribution in [2.75, 3.05) is 0 Å². The SMILES string of the molecule is N#C/C(=C\c1cc(Br)c(OCc2ccc([N+](=O)[O-])cc2)c(Br)c1)c1ccc([N+](=O)[O-])cc1. The average molecular weight is 559 g/mol. The van der Waals surface area contributed by atoms with Crippen molar-refractivity contribution in [1.82, 2.24) is 0 Å². The summed E-state index contributed by atoms with van der Waals surface area (Å²) in [5.74, 6) is 0.536. The second-order valence-electron chi connectivity index (χ2n) is 6.50. The Bertz CT molecular complexity index is 1230. The molecule has 0 aliphatic rings. The van der Waals surface area contributed by atoms with Crippen LogP contribution in [0.4, 0.5) is 11.4 Å². The van der Waals surface area contributed by atoms with Gasteiger partial charge >= 0.3 is 0 Å². The Morgan fingerprint density at radius 3 is 1.91 bits per heavy atom. The van der Waals surface area contributed by atoms with E-state index in [0.29, 0.717) is 31.4 Å². The maximum absolute atomic E-state index is 10.8.